The molecule has 3 heteroatoms. The van der Waals surface area contributed by atoms with E-state index in [1.165, 1.54) is 18.2 Å². The molecule has 0 radical (unpaired) electrons. The second kappa shape index (κ2) is 7.47. The number of rotatable bonds is 7. The van der Waals surface area contributed by atoms with E-state index in [-0.39, 0.29) is 17.9 Å². The molecular formula is C15H22F2O. The molecule has 2 unspecified atom stereocenters. The highest BCUT2D eigenvalue weighted by Gasteiger charge is 2.20. The summed E-state index contributed by atoms with van der Waals surface area (Å²) in [5.74, 6) is -1.03. The third-order valence-electron chi connectivity index (χ3n) is 3.47. The lowest BCUT2D eigenvalue weighted by atomic mass is 9.89. The van der Waals surface area contributed by atoms with Crippen LogP contribution in [0.4, 0.5) is 8.78 Å². The average molecular weight is 256 g/mol. The second-order valence-corrected chi connectivity index (χ2v) is 4.78. The van der Waals surface area contributed by atoms with Gasteiger partial charge < -0.3 is 5.11 Å². The van der Waals surface area contributed by atoms with Crippen molar-refractivity contribution in [2.75, 3.05) is 0 Å². The van der Waals surface area contributed by atoms with E-state index >= 15 is 0 Å². The quantitative estimate of drug-likeness (QED) is 0.779. The van der Waals surface area contributed by atoms with Crippen LogP contribution in [0.2, 0.25) is 0 Å². The van der Waals surface area contributed by atoms with Gasteiger partial charge in [0.2, 0.25) is 0 Å². The van der Waals surface area contributed by atoms with E-state index < -0.39 is 17.7 Å². The van der Waals surface area contributed by atoms with Crippen molar-refractivity contribution in [3.05, 3.63) is 35.4 Å². The molecule has 0 spiro atoms. The molecule has 0 aliphatic heterocycles. The first-order valence-corrected chi connectivity index (χ1v) is 6.71. The van der Waals surface area contributed by atoms with E-state index in [1.54, 1.807) is 0 Å². The van der Waals surface area contributed by atoms with Crippen LogP contribution in [0.1, 0.15) is 45.1 Å². The first-order chi connectivity index (χ1) is 8.60. The Morgan fingerprint density at radius 2 is 1.78 bits per heavy atom. The molecule has 0 aliphatic carbocycles. The first kappa shape index (κ1) is 15.1. The fourth-order valence-electron chi connectivity index (χ4n) is 2.24. The number of halogens is 2. The van der Waals surface area contributed by atoms with E-state index in [1.807, 2.05) is 6.92 Å². The molecular weight excluding hydrogens is 234 g/mol. The summed E-state index contributed by atoms with van der Waals surface area (Å²) < 4.78 is 27.0. The highest BCUT2D eigenvalue weighted by atomic mass is 19.1. The standard InChI is InChI=1S/C15H22F2O/c1-3-5-7-11(4-2)15(18)10-12-13(16)8-6-9-14(12)17/h6,8-9,11,15,18H,3-5,7,10H2,1-2H3. The molecule has 1 aromatic carbocycles. The number of hydrogen-bond acceptors (Lipinski definition) is 1. The van der Waals surface area contributed by atoms with E-state index in [0.717, 1.165) is 25.7 Å². The van der Waals surface area contributed by atoms with E-state index in [0.29, 0.717) is 0 Å². The Bertz CT molecular complexity index is 345. The zero-order valence-electron chi connectivity index (χ0n) is 11.1. The average Bonchev–Trinajstić information content (AvgIpc) is 2.35. The summed E-state index contributed by atoms with van der Waals surface area (Å²) in [6.45, 7) is 4.09. The van der Waals surface area contributed by atoms with Crippen LogP contribution in [0.3, 0.4) is 0 Å². The maximum atomic E-state index is 13.5. The summed E-state index contributed by atoms with van der Waals surface area (Å²) in [6, 6.07) is 3.81. The molecule has 102 valence electrons. The van der Waals surface area contributed by atoms with Gasteiger partial charge in [0.1, 0.15) is 11.6 Å². The van der Waals surface area contributed by atoms with Crippen molar-refractivity contribution in [3.63, 3.8) is 0 Å². The van der Waals surface area contributed by atoms with Crippen LogP contribution < -0.4 is 0 Å². The van der Waals surface area contributed by atoms with Crippen molar-refractivity contribution in [1.82, 2.24) is 0 Å². The zero-order chi connectivity index (χ0) is 13.5. The van der Waals surface area contributed by atoms with Crippen LogP contribution in [-0.4, -0.2) is 11.2 Å². The van der Waals surface area contributed by atoms with Gasteiger partial charge in [0.05, 0.1) is 6.10 Å². The number of aliphatic hydroxyl groups excluding tert-OH is 1. The summed E-state index contributed by atoms with van der Waals surface area (Å²) in [4.78, 5) is 0. The van der Waals surface area contributed by atoms with Crippen LogP contribution >= 0.6 is 0 Å². The normalized spacial score (nSPS) is 14.5. The molecule has 0 aliphatic rings. The van der Waals surface area contributed by atoms with Gasteiger partial charge >= 0.3 is 0 Å². The van der Waals surface area contributed by atoms with E-state index in [2.05, 4.69) is 6.92 Å². The zero-order valence-corrected chi connectivity index (χ0v) is 11.1. The van der Waals surface area contributed by atoms with Gasteiger partial charge in [0.15, 0.2) is 0 Å². The van der Waals surface area contributed by atoms with Gasteiger partial charge in [-0.1, -0.05) is 39.2 Å². The third kappa shape index (κ3) is 4.05. The Labute approximate surface area is 108 Å². The Morgan fingerprint density at radius 3 is 2.28 bits per heavy atom. The summed E-state index contributed by atoms with van der Waals surface area (Å²) >= 11 is 0. The smallest absolute Gasteiger partial charge is 0.129 e. The van der Waals surface area contributed by atoms with Crippen molar-refractivity contribution in [2.45, 2.75) is 52.1 Å². The Kier molecular flexibility index (Phi) is 6.27. The maximum Gasteiger partial charge on any atom is 0.129 e. The lowest BCUT2D eigenvalue weighted by molar-refractivity contribution is 0.0969. The van der Waals surface area contributed by atoms with Gasteiger partial charge in [-0.2, -0.15) is 0 Å². The van der Waals surface area contributed by atoms with Crippen molar-refractivity contribution < 1.29 is 13.9 Å². The molecule has 0 fully saturated rings. The summed E-state index contributed by atoms with van der Waals surface area (Å²) in [7, 11) is 0. The van der Waals surface area contributed by atoms with Crippen LogP contribution in [0.5, 0.6) is 0 Å². The van der Waals surface area contributed by atoms with Crippen molar-refractivity contribution in [3.8, 4) is 0 Å². The molecule has 18 heavy (non-hydrogen) atoms. The number of aliphatic hydroxyl groups is 1. The lowest BCUT2D eigenvalue weighted by Gasteiger charge is -2.21. The van der Waals surface area contributed by atoms with Gasteiger partial charge in [-0.05, 0) is 24.5 Å². The number of hydrogen-bond donors (Lipinski definition) is 1. The van der Waals surface area contributed by atoms with Crippen LogP contribution in [0.25, 0.3) is 0 Å². The lowest BCUT2D eigenvalue weighted by Crippen LogP contribution is -2.23. The fourth-order valence-corrected chi connectivity index (χ4v) is 2.24. The predicted octanol–water partition coefficient (Wildman–Crippen LogP) is 4.08. The molecule has 2 atom stereocenters. The summed E-state index contributed by atoms with van der Waals surface area (Å²) in [5.41, 5.74) is -0.0000477. The van der Waals surface area contributed by atoms with Gasteiger partial charge in [-0.3, -0.25) is 0 Å². The Balaban J connectivity index is 2.70. The van der Waals surface area contributed by atoms with Crippen molar-refractivity contribution >= 4 is 0 Å². The molecule has 1 rings (SSSR count). The van der Waals surface area contributed by atoms with Gasteiger partial charge in [-0.25, -0.2) is 8.78 Å². The second-order valence-electron chi connectivity index (χ2n) is 4.78. The SMILES string of the molecule is CCCCC(CC)C(O)Cc1c(F)cccc1F. The van der Waals surface area contributed by atoms with E-state index in [4.69, 9.17) is 0 Å². The molecule has 1 N–H and O–H groups in total. The summed E-state index contributed by atoms with van der Waals surface area (Å²) in [5, 5.41) is 10.1. The molecule has 1 aromatic rings. The van der Waals surface area contributed by atoms with Gasteiger partial charge in [0.25, 0.3) is 0 Å². The maximum absolute atomic E-state index is 13.5. The first-order valence-electron chi connectivity index (χ1n) is 6.71. The largest absolute Gasteiger partial charge is 0.392 e. The van der Waals surface area contributed by atoms with Crippen molar-refractivity contribution in [2.24, 2.45) is 5.92 Å². The molecule has 0 saturated carbocycles. The predicted molar refractivity (Wildman–Crippen MR) is 69.4 cm³/mol. The minimum Gasteiger partial charge on any atom is -0.392 e. The molecule has 0 heterocycles. The van der Waals surface area contributed by atoms with Crippen LogP contribution in [-0.2, 0) is 6.42 Å². The van der Waals surface area contributed by atoms with E-state index in [9.17, 15) is 13.9 Å². The molecule has 0 amide bonds. The van der Waals surface area contributed by atoms with Crippen molar-refractivity contribution in [1.29, 1.82) is 0 Å². The van der Waals surface area contributed by atoms with Crippen LogP contribution in [0, 0.1) is 17.6 Å². The number of unbranched alkanes of at least 4 members (excludes halogenated alkanes) is 1. The third-order valence-corrected chi connectivity index (χ3v) is 3.47. The highest BCUT2D eigenvalue weighted by Crippen LogP contribution is 2.22. The fraction of sp³-hybridized carbons (Fsp3) is 0.600. The van der Waals surface area contributed by atoms with Crippen LogP contribution in [0.15, 0.2) is 18.2 Å². The topological polar surface area (TPSA) is 20.2 Å². The minimum atomic E-state index is -0.673. The van der Waals surface area contributed by atoms with Gasteiger partial charge in [-0.15, -0.1) is 0 Å². The molecule has 0 aromatic heterocycles. The summed E-state index contributed by atoms with van der Waals surface area (Å²) in [6.07, 6.45) is 3.22. The van der Waals surface area contributed by atoms with Gasteiger partial charge in [0, 0.05) is 12.0 Å². The highest BCUT2D eigenvalue weighted by molar-refractivity contribution is 5.20. The molecule has 1 nitrogen and oxygen atoms in total. The Morgan fingerprint density at radius 1 is 1.17 bits per heavy atom. The Hall–Kier alpha value is -0.960. The number of benzene rings is 1. The molecule has 0 bridgehead atoms. The molecule has 0 saturated heterocycles. The monoisotopic (exact) mass is 256 g/mol. The minimum absolute atomic E-state index is 0.0000477.